The number of carbonyl (C=O) groups is 2. The molecule has 0 aliphatic carbocycles. The Kier molecular flexibility index (Phi) is 8.66. The zero-order valence-corrected chi connectivity index (χ0v) is 19.5. The lowest BCUT2D eigenvalue weighted by molar-refractivity contribution is 0.0713. The second-order valence-electron chi connectivity index (χ2n) is 8.76. The van der Waals surface area contributed by atoms with Crippen molar-refractivity contribution < 1.29 is 23.8 Å². The molecule has 2 rings (SSSR count). The van der Waals surface area contributed by atoms with Gasteiger partial charge in [0.1, 0.15) is 0 Å². The van der Waals surface area contributed by atoms with Gasteiger partial charge in [-0.25, -0.2) is 9.59 Å². The third-order valence-electron chi connectivity index (χ3n) is 4.94. The van der Waals surface area contributed by atoms with Crippen LogP contribution in [0.3, 0.4) is 0 Å². The number of hydrogen-bond donors (Lipinski definition) is 0. The molecule has 0 heterocycles. The van der Waals surface area contributed by atoms with Crippen molar-refractivity contribution in [1.29, 1.82) is 0 Å². The van der Waals surface area contributed by atoms with Crippen LogP contribution in [-0.4, -0.2) is 18.7 Å². The van der Waals surface area contributed by atoms with Crippen molar-refractivity contribution in [3.8, 4) is 11.5 Å². The molecule has 0 aliphatic rings. The third-order valence-corrected chi connectivity index (χ3v) is 4.94. The zero-order valence-electron chi connectivity index (χ0n) is 19.5. The fourth-order valence-electron chi connectivity index (χ4n) is 3.05. The first-order chi connectivity index (χ1) is 14.7. The summed E-state index contributed by atoms with van der Waals surface area (Å²) in [6.07, 6.45) is 2.86. The van der Waals surface area contributed by atoms with Gasteiger partial charge in [-0.3, -0.25) is 0 Å². The van der Waals surface area contributed by atoms with Crippen LogP contribution in [0.5, 0.6) is 11.5 Å². The van der Waals surface area contributed by atoms with Crippen LogP contribution < -0.4 is 9.47 Å². The van der Waals surface area contributed by atoms with Gasteiger partial charge in [0.05, 0.1) is 12.2 Å². The number of aryl methyl sites for hydroxylation is 2. The van der Waals surface area contributed by atoms with Gasteiger partial charge in [0.15, 0.2) is 11.5 Å². The van der Waals surface area contributed by atoms with E-state index in [2.05, 4.69) is 27.7 Å². The van der Waals surface area contributed by atoms with Crippen LogP contribution >= 0.6 is 0 Å². The predicted octanol–water partition coefficient (Wildman–Crippen LogP) is 6.78. The van der Waals surface area contributed by atoms with Crippen LogP contribution in [0.4, 0.5) is 4.79 Å². The van der Waals surface area contributed by atoms with E-state index in [4.69, 9.17) is 14.2 Å². The SMILES string of the molecule is CCCCOC(=O)Oc1cc(C(C)(C)C)cc(C)c1OC(=O)c1ccc(CCC)cc1. The normalized spacial score (nSPS) is 11.2. The minimum Gasteiger partial charge on any atom is -0.434 e. The molecule has 0 bridgehead atoms. The number of esters is 1. The number of rotatable bonds is 8. The monoisotopic (exact) mass is 426 g/mol. The Hall–Kier alpha value is -2.82. The van der Waals surface area contributed by atoms with Crippen LogP contribution in [0, 0.1) is 6.92 Å². The number of ether oxygens (including phenoxy) is 3. The lowest BCUT2D eigenvalue weighted by atomic mass is 9.86. The summed E-state index contributed by atoms with van der Waals surface area (Å²) in [5, 5.41) is 0. The predicted molar refractivity (Wildman–Crippen MR) is 122 cm³/mol. The highest BCUT2D eigenvalue weighted by molar-refractivity contribution is 5.91. The molecule has 0 atom stereocenters. The van der Waals surface area contributed by atoms with Crippen molar-refractivity contribution in [2.45, 2.75) is 72.6 Å². The van der Waals surface area contributed by atoms with Crippen molar-refractivity contribution >= 4 is 12.1 Å². The van der Waals surface area contributed by atoms with Crippen LogP contribution in [0.2, 0.25) is 0 Å². The Morgan fingerprint density at radius 3 is 2.19 bits per heavy atom. The molecule has 5 heteroatoms. The quantitative estimate of drug-likeness (QED) is 0.201. The number of carbonyl (C=O) groups excluding carboxylic acids is 2. The lowest BCUT2D eigenvalue weighted by Gasteiger charge is -2.22. The van der Waals surface area contributed by atoms with Crippen molar-refractivity contribution in [3.05, 3.63) is 58.7 Å². The van der Waals surface area contributed by atoms with Crippen LogP contribution in [0.25, 0.3) is 0 Å². The van der Waals surface area contributed by atoms with Crippen LogP contribution in [0.15, 0.2) is 36.4 Å². The minimum atomic E-state index is -0.805. The number of benzene rings is 2. The first kappa shape index (κ1) is 24.4. The highest BCUT2D eigenvalue weighted by Crippen LogP contribution is 2.37. The summed E-state index contributed by atoms with van der Waals surface area (Å²) in [6, 6.07) is 11.1. The van der Waals surface area contributed by atoms with E-state index in [1.165, 1.54) is 5.56 Å². The van der Waals surface area contributed by atoms with Gasteiger partial charge in [-0.05, 0) is 60.1 Å². The first-order valence-corrected chi connectivity index (χ1v) is 11.0. The Balaban J connectivity index is 2.31. The molecule has 0 N–H and O–H groups in total. The molecule has 0 aromatic heterocycles. The van der Waals surface area contributed by atoms with E-state index in [1.54, 1.807) is 18.2 Å². The topological polar surface area (TPSA) is 61.8 Å². The van der Waals surface area contributed by atoms with E-state index < -0.39 is 12.1 Å². The summed E-state index contributed by atoms with van der Waals surface area (Å²) in [6.45, 7) is 12.4. The molecule has 0 aliphatic heterocycles. The molecule has 0 radical (unpaired) electrons. The first-order valence-electron chi connectivity index (χ1n) is 11.0. The smallest absolute Gasteiger partial charge is 0.434 e. The Labute approximate surface area is 185 Å². The molecule has 0 saturated carbocycles. The molecule has 2 aromatic rings. The Morgan fingerprint density at radius 2 is 1.61 bits per heavy atom. The van der Waals surface area contributed by atoms with Gasteiger partial charge in [0, 0.05) is 0 Å². The molecule has 168 valence electrons. The molecule has 2 aromatic carbocycles. The van der Waals surface area contributed by atoms with Gasteiger partial charge in [0.25, 0.3) is 0 Å². The summed E-state index contributed by atoms with van der Waals surface area (Å²) in [5.74, 6) is -0.0932. The maximum Gasteiger partial charge on any atom is 0.513 e. The summed E-state index contributed by atoms with van der Waals surface area (Å²) < 4.78 is 16.3. The maximum absolute atomic E-state index is 12.8. The largest absolute Gasteiger partial charge is 0.513 e. The van der Waals surface area contributed by atoms with Crippen LogP contribution in [0.1, 0.15) is 80.9 Å². The number of unbranched alkanes of at least 4 members (excludes halogenated alkanes) is 1. The van der Waals surface area contributed by atoms with E-state index >= 15 is 0 Å². The van der Waals surface area contributed by atoms with Gasteiger partial charge in [-0.1, -0.05) is 65.7 Å². The zero-order chi connectivity index (χ0) is 23.0. The average Bonchev–Trinajstić information content (AvgIpc) is 2.70. The molecule has 0 unspecified atom stereocenters. The molecular weight excluding hydrogens is 392 g/mol. The van der Waals surface area contributed by atoms with E-state index in [1.807, 2.05) is 32.0 Å². The standard InChI is InChI=1S/C26H34O5/c1-7-9-15-29-25(28)30-22-17-21(26(4,5)6)16-18(3)23(22)31-24(27)20-13-11-19(10-8-2)12-14-20/h11-14,16-17H,7-10,15H2,1-6H3. The Morgan fingerprint density at radius 1 is 0.935 bits per heavy atom. The highest BCUT2D eigenvalue weighted by atomic mass is 16.7. The second kappa shape index (κ2) is 11.0. The molecule has 0 saturated heterocycles. The fourth-order valence-corrected chi connectivity index (χ4v) is 3.05. The molecule has 31 heavy (non-hydrogen) atoms. The van der Waals surface area contributed by atoms with Gasteiger partial charge in [-0.15, -0.1) is 0 Å². The Bertz CT molecular complexity index is 891. The van der Waals surface area contributed by atoms with E-state index in [-0.39, 0.29) is 23.5 Å². The van der Waals surface area contributed by atoms with Crippen LogP contribution in [-0.2, 0) is 16.6 Å². The lowest BCUT2D eigenvalue weighted by Crippen LogP contribution is -2.17. The van der Waals surface area contributed by atoms with Crippen molar-refractivity contribution in [1.82, 2.24) is 0 Å². The highest BCUT2D eigenvalue weighted by Gasteiger charge is 2.23. The van der Waals surface area contributed by atoms with Crippen molar-refractivity contribution in [2.75, 3.05) is 6.61 Å². The van der Waals surface area contributed by atoms with Gasteiger partial charge in [-0.2, -0.15) is 0 Å². The second-order valence-corrected chi connectivity index (χ2v) is 8.76. The van der Waals surface area contributed by atoms with E-state index in [9.17, 15) is 9.59 Å². The van der Waals surface area contributed by atoms with E-state index in [0.717, 1.165) is 31.2 Å². The number of hydrogen-bond acceptors (Lipinski definition) is 5. The van der Waals surface area contributed by atoms with E-state index in [0.29, 0.717) is 11.1 Å². The average molecular weight is 427 g/mol. The molecular formula is C26H34O5. The van der Waals surface area contributed by atoms with Crippen molar-refractivity contribution in [2.24, 2.45) is 0 Å². The van der Waals surface area contributed by atoms with Crippen molar-refractivity contribution in [3.63, 3.8) is 0 Å². The summed E-state index contributed by atoms with van der Waals surface area (Å²) in [7, 11) is 0. The summed E-state index contributed by atoms with van der Waals surface area (Å²) >= 11 is 0. The fraction of sp³-hybridized carbons (Fsp3) is 0.462. The van der Waals surface area contributed by atoms with Gasteiger partial charge >= 0.3 is 12.1 Å². The molecule has 0 spiro atoms. The maximum atomic E-state index is 12.8. The molecule has 0 amide bonds. The minimum absolute atomic E-state index is 0.174. The third kappa shape index (κ3) is 7.12. The van der Waals surface area contributed by atoms with Gasteiger partial charge in [0.2, 0.25) is 0 Å². The van der Waals surface area contributed by atoms with Gasteiger partial charge < -0.3 is 14.2 Å². The molecule has 0 fully saturated rings. The molecule has 5 nitrogen and oxygen atoms in total. The summed E-state index contributed by atoms with van der Waals surface area (Å²) in [4.78, 5) is 25.0. The summed E-state index contributed by atoms with van der Waals surface area (Å²) in [5.41, 5.74) is 3.11.